The molecule has 1 heterocycles. The van der Waals surface area contributed by atoms with E-state index in [-0.39, 0.29) is 6.42 Å². The van der Waals surface area contributed by atoms with Gasteiger partial charge < -0.3 is 9.53 Å². The van der Waals surface area contributed by atoms with Gasteiger partial charge in [0.25, 0.3) is 0 Å². The quantitative estimate of drug-likeness (QED) is 0.484. The van der Waals surface area contributed by atoms with Crippen LogP contribution in [-0.2, 0) is 4.79 Å². The van der Waals surface area contributed by atoms with Gasteiger partial charge in [0.1, 0.15) is 6.29 Å². The van der Waals surface area contributed by atoms with Crippen LogP contribution in [0.3, 0.4) is 0 Å². The third-order valence-electron chi connectivity index (χ3n) is 1.23. The largest absolute Gasteiger partial charge is 0.467 e. The minimum atomic E-state index is 0.228. The van der Waals surface area contributed by atoms with Gasteiger partial charge in [0.05, 0.1) is 19.1 Å². The molecule has 0 amide bonds. The highest BCUT2D eigenvalue weighted by Crippen LogP contribution is 1.99. The minimum absolute atomic E-state index is 0.228. The highest BCUT2D eigenvalue weighted by atomic mass is 16.5. The molecule has 13 heavy (non-hydrogen) atoms. The van der Waals surface area contributed by atoms with E-state index in [0.29, 0.717) is 11.6 Å². The molecule has 0 fully saturated rings. The standard InChI is InChI=1S/C9H8N2O2/c1-13-9-10-6-8(7-11-9)4-2-3-5-12/h5-7H,3H2,1H3. The minimum Gasteiger partial charge on any atom is -0.467 e. The van der Waals surface area contributed by atoms with Crippen LogP contribution >= 0.6 is 0 Å². The van der Waals surface area contributed by atoms with Gasteiger partial charge in [-0.1, -0.05) is 11.8 Å². The van der Waals surface area contributed by atoms with E-state index in [9.17, 15) is 4.79 Å². The molecule has 0 aliphatic rings. The topological polar surface area (TPSA) is 52.1 Å². The van der Waals surface area contributed by atoms with Gasteiger partial charge in [0.2, 0.25) is 0 Å². The van der Waals surface area contributed by atoms with Gasteiger partial charge in [-0.2, -0.15) is 0 Å². The lowest BCUT2D eigenvalue weighted by atomic mass is 10.3. The molecule has 1 rings (SSSR count). The summed E-state index contributed by atoms with van der Waals surface area (Å²) in [7, 11) is 1.49. The number of hydrogen-bond donors (Lipinski definition) is 0. The molecule has 0 bridgehead atoms. The molecular formula is C9H8N2O2. The summed E-state index contributed by atoms with van der Waals surface area (Å²) in [4.78, 5) is 17.6. The second-order valence-electron chi connectivity index (χ2n) is 2.13. The van der Waals surface area contributed by atoms with Gasteiger partial charge in [-0.25, -0.2) is 9.97 Å². The smallest absolute Gasteiger partial charge is 0.316 e. The predicted octanol–water partition coefficient (Wildman–Crippen LogP) is 0.426. The summed E-state index contributed by atoms with van der Waals surface area (Å²) in [6.45, 7) is 0. The molecular weight excluding hydrogens is 168 g/mol. The number of aldehydes is 1. The first kappa shape index (κ1) is 9.20. The lowest BCUT2D eigenvalue weighted by Crippen LogP contribution is -1.91. The monoisotopic (exact) mass is 176 g/mol. The normalized spacial score (nSPS) is 8.38. The maximum atomic E-state index is 9.94. The van der Waals surface area contributed by atoms with Crippen molar-refractivity contribution in [3.8, 4) is 17.9 Å². The summed E-state index contributed by atoms with van der Waals surface area (Å²) in [5, 5.41) is 0. The van der Waals surface area contributed by atoms with E-state index >= 15 is 0 Å². The summed E-state index contributed by atoms with van der Waals surface area (Å²) < 4.78 is 4.77. The Bertz CT molecular complexity index is 335. The molecule has 1 aromatic rings. The average molecular weight is 176 g/mol. The summed E-state index contributed by atoms with van der Waals surface area (Å²) in [6, 6.07) is 0.306. The van der Waals surface area contributed by atoms with Crippen LogP contribution in [0.15, 0.2) is 12.4 Å². The van der Waals surface area contributed by atoms with Crippen LogP contribution < -0.4 is 4.74 Å². The highest BCUT2D eigenvalue weighted by Gasteiger charge is 1.92. The van der Waals surface area contributed by atoms with Crippen molar-refractivity contribution in [3.63, 3.8) is 0 Å². The first-order valence-electron chi connectivity index (χ1n) is 3.65. The van der Waals surface area contributed by atoms with Crippen LogP contribution in [0.1, 0.15) is 12.0 Å². The Morgan fingerprint density at radius 1 is 1.54 bits per heavy atom. The van der Waals surface area contributed by atoms with E-state index in [2.05, 4.69) is 21.8 Å². The van der Waals surface area contributed by atoms with Crippen molar-refractivity contribution in [2.45, 2.75) is 6.42 Å². The number of methoxy groups -OCH3 is 1. The zero-order valence-electron chi connectivity index (χ0n) is 7.15. The molecule has 0 atom stereocenters. The Kier molecular flexibility index (Phi) is 3.45. The zero-order chi connectivity index (χ0) is 9.52. The van der Waals surface area contributed by atoms with Crippen molar-refractivity contribution in [2.24, 2.45) is 0 Å². The summed E-state index contributed by atoms with van der Waals surface area (Å²) >= 11 is 0. The van der Waals surface area contributed by atoms with Crippen molar-refractivity contribution in [1.29, 1.82) is 0 Å². The van der Waals surface area contributed by atoms with Crippen LogP contribution in [0.2, 0.25) is 0 Å². The van der Waals surface area contributed by atoms with Crippen molar-refractivity contribution < 1.29 is 9.53 Å². The molecule has 0 radical (unpaired) electrons. The fraction of sp³-hybridized carbons (Fsp3) is 0.222. The maximum absolute atomic E-state index is 9.94. The highest BCUT2D eigenvalue weighted by molar-refractivity contribution is 5.54. The molecule has 0 aliphatic heterocycles. The van der Waals surface area contributed by atoms with E-state index in [4.69, 9.17) is 4.74 Å². The summed E-state index contributed by atoms with van der Waals surface area (Å²) in [6.07, 6.45) is 4.07. The second-order valence-corrected chi connectivity index (χ2v) is 2.13. The fourth-order valence-electron chi connectivity index (χ4n) is 0.681. The number of aromatic nitrogens is 2. The van der Waals surface area contributed by atoms with Crippen LogP contribution in [-0.4, -0.2) is 23.4 Å². The van der Waals surface area contributed by atoms with Crippen LogP contribution in [0.4, 0.5) is 0 Å². The lowest BCUT2D eigenvalue weighted by Gasteiger charge is -1.94. The molecule has 0 aliphatic carbocycles. The molecule has 1 aromatic heterocycles. The number of carbonyl (C=O) groups is 1. The van der Waals surface area contributed by atoms with E-state index in [1.54, 1.807) is 12.4 Å². The van der Waals surface area contributed by atoms with Crippen molar-refractivity contribution >= 4 is 6.29 Å². The van der Waals surface area contributed by atoms with Gasteiger partial charge in [-0.3, -0.25) is 0 Å². The maximum Gasteiger partial charge on any atom is 0.316 e. The van der Waals surface area contributed by atoms with Crippen LogP contribution in [0, 0.1) is 11.8 Å². The molecule has 0 spiro atoms. The number of ether oxygens (including phenoxy) is 1. The number of nitrogens with zero attached hydrogens (tertiary/aromatic N) is 2. The lowest BCUT2D eigenvalue weighted by molar-refractivity contribution is -0.107. The van der Waals surface area contributed by atoms with Gasteiger partial charge in [-0.05, 0) is 0 Å². The molecule has 66 valence electrons. The molecule has 4 nitrogen and oxygen atoms in total. The third-order valence-corrected chi connectivity index (χ3v) is 1.23. The van der Waals surface area contributed by atoms with Crippen molar-refractivity contribution in [1.82, 2.24) is 9.97 Å². The summed E-state index contributed by atoms with van der Waals surface area (Å²) in [5.41, 5.74) is 0.669. The van der Waals surface area contributed by atoms with E-state index < -0.39 is 0 Å². The van der Waals surface area contributed by atoms with Gasteiger partial charge >= 0.3 is 6.01 Å². The zero-order valence-corrected chi connectivity index (χ0v) is 7.15. The molecule has 0 N–H and O–H groups in total. The van der Waals surface area contributed by atoms with Crippen LogP contribution in [0.25, 0.3) is 0 Å². The molecule has 0 unspecified atom stereocenters. The van der Waals surface area contributed by atoms with Gasteiger partial charge in [-0.15, -0.1) is 0 Å². The Morgan fingerprint density at radius 3 is 2.77 bits per heavy atom. The third kappa shape index (κ3) is 2.91. The molecule has 0 aromatic carbocycles. The van der Waals surface area contributed by atoms with E-state index in [0.717, 1.165) is 6.29 Å². The first-order chi connectivity index (χ1) is 6.36. The first-order valence-corrected chi connectivity index (χ1v) is 3.65. The fourth-order valence-corrected chi connectivity index (χ4v) is 0.681. The summed E-state index contributed by atoms with van der Waals surface area (Å²) in [5.74, 6) is 5.39. The molecule has 0 saturated heterocycles. The Morgan fingerprint density at radius 2 is 2.23 bits per heavy atom. The number of carbonyl (C=O) groups excluding carboxylic acids is 1. The second kappa shape index (κ2) is 4.88. The number of rotatable bonds is 2. The van der Waals surface area contributed by atoms with Gasteiger partial charge in [0, 0.05) is 12.4 Å². The van der Waals surface area contributed by atoms with Crippen molar-refractivity contribution in [2.75, 3.05) is 7.11 Å². The Hall–Kier alpha value is -1.89. The predicted molar refractivity (Wildman–Crippen MR) is 46.1 cm³/mol. The van der Waals surface area contributed by atoms with Crippen molar-refractivity contribution in [3.05, 3.63) is 18.0 Å². The Balaban J connectivity index is 2.70. The van der Waals surface area contributed by atoms with E-state index in [1.165, 1.54) is 7.11 Å². The number of hydrogen-bond acceptors (Lipinski definition) is 4. The average Bonchev–Trinajstić information content (AvgIpc) is 2.19. The SMILES string of the molecule is COc1ncc(C#CCC=O)cn1. The van der Waals surface area contributed by atoms with E-state index in [1.807, 2.05) is 0 Å². The Labute approximate surface area is 76.0 Å². The van der Waals surface area contributed by atoms with Crippen LogP contribution in [0.5, 0.6) is 6.01 Å². The van der Waals surface area contributed by atoms with Gasteiger partial charge in [0.15, 0.2) is 0 Å². The molecule has 0 saturated carbocycles. The molecule has 4 heteroatoms.